The number of fused-ring (bicyclic) bond motifs is 3. The first-order valence-corrected chi connectivity index (χ1v) is 8.26. The number of amides is 1. The Kier molecular flexibility index (Phi) is 3.16. The van der Waals surface area contributed by atoms with Crippen molar-refractivity contribution in [2.45, 2.75) is 62.9 Å². The van der Waals surface area contributed by atoms with Crippen molar-refractivity contribution in [3.8, 4) is 5.75 Å². The lowest BCUT2D eigenvalue weighted by atomic mass is 9.79. The summed E-state index contributed by atoms with van der Waals surface area (Å²) < 4.78 is 5.52. The van der Waals surface area contributed by atoms with Crippen molar-refractivity contribution in [2.75, 3.05) is 7.11 Å². The summed E-state index contributed by atoms with van der Waals surface area (Å²) in [6.07, 6.45) is 7.82. The molecule has 0 spiro atoms. The van der Waals surface area contributed by atoms with Gasteiger partial charge in [0.25, 0.3) is 0 Å². The molecule has 1 aliphatic heterocycles. The summed E-state index contributed by atoms with van der Waals surface area (Å²) in [5.74, 6) is 1.77. The highest BCUT2D eigenvalue weighted by Crippen LogP contribution is 2.46. The standard InChI is InChI=1S/C18H23NO2/c1-21-17-8-4-7-13-14(17)9-10-16-15(13)11-18(20)19(16)12-5-2-3-6-12/h4,7-8,12,15-16H,2-3,5-6,9-11H2,1H3/t15-,16+/m0/s1. The van der Waals surface area contributed by atoms with E-state index in [-0.39, 0.29) is 0 Å². The van der Waals surface area contributed by atoms with Crippen molar-refractivity contribution in [3.63, 3.8) is 0 Å². The fourth-order valence-corrected chi connectivity index (χ4v) is 4.80. The highest BCUT2D eigenvalue weighted by atomic mass is 16.5. The Morgan fingerprint density at radius 1 is 1.19 bits per heavy atom. The van der Waals surface area contributed by atoms with Crippen molar-refractivity contribution in [3.05, 3.63) is 29.3 Å². The van der Waals surface area contributed by atoms with Crippen LogP contribution >= 0.6 is 0 Å². The first kappa shape index (κ1) is 13.2. The van der Waals surface area contributed by atoms with Crippen LogP contribution in [-0.4, -0.2) is 30.0 Å². The molecule has 1 amide bonds. The van der Waals surface area contributed by atoms with Gasteiger partial charge in [-0.25, -0.2) is 0 Å². The fraction of sp³-hybridized carbons (Fsp3) is 0.611. The Hall–Kier alpha value is -1.51. The van der Waals surface area contributed by atoms with Crippen LogP contribution in [0, 0.1) is 0 Å². The molecule has 1 aromatic carbocycles. The summed E-state index contributed by atoms with van der Waals surface area (Å²) in [5, 5.41) is 0. The van der Waals surface area contributed by atoms with Gasteiger partial charge in [0.15, 0.2) is 0 Å². The zero-order chi connectivity index (χ0) is 14.4. The summed E-state index contributed by atoms with van der Waals surface area (Å²) in [6.45, 7) is 0. The normalized spacial score (nSPS) is 28.6. The molecule has 2 aliphatic carbocycles. The van der Waals surface area contributed by atoms with Crippen LogP contribution in [-0.2, 0) is 11.2 Å². The summed E-state index contributed by atoms with van der Waals surface area (Å²) in [5.41, 5.74) is 2.70. The molecule has 0 N–H and O–H groups in total. The van der Waals surface area contributed by atoms with E-state index in [0.29, 0.717) is 30.3 Å². The van der Waals surface area contributed by atoms with E-state index in [2.05, 4.69) is 17.0 Å². The van der Waals surface area contributed by atoms with Crippen LogP contribution in [0.2, 0.25) is 0 Å². The number of hydrogen-bond donors (Lipinski definition) is 0. The smallest absolute Gasteiger partial charge is 0.223 e. The maximum Gasteiger partial charge on any atom is 0.223 e. The third kappa shape index (κ3) is 1.97. The van der Waals surface area contributed by atoms with E-state index in [0.717, 1.165) is 18.6 Å². The maximum atomic E-state index is 12.6. The zero-order valence-electron chi connectivity index (χ0n) is 12.7. The molecule has 2 fully saturated rings. The van der Waals surface area contributed by atoms with E-state index in [1.54, 1.807) is 7.11 Å². The molecule has 1 aromatic rings. The summed E-state index contributed by atoms with van der Waals surface area (Å²) in [4.78, 5) is 14.9. The van der Waals surface area contributed by atoms with Gasteiger partial charge in [-0.2, -0.15) is 0 Å². The number of nitrogens with zero attached hydrogens (tertiary/aromatic N) is 1. The van der Waals surface area contributed by atoms with Crippen molar-refractivity contribution >= 4 is 5.91 Å². The fourth-order valence-electron chi connectivity index (χ4n) is 4.80. The minimum Gasteiger partial charge on any atom is -0.496 e. The second-order valence-electron chi connectivity index (χ2n) is 6.68. The van der Waals surface area contributed by atoms with Crippen LogP contribution in [0.25, 0.3) is 0 Å². The number of rotatable bonds is 2. The van der Waals surface area contributed by atoms with Gasteiger partial charge in [0, 0.05) is 24.4 Å². The highest BCUT2D eigenvalue weighted by Gasteiger charge is 2.46. The van der Waals surface area contributed by atoms with Crippen molar-refractivity contribution in [1.29, 1.82) is 0 Å². The summed E-state index contributed by atoms with van der Waals surface area (Å²) in [6, 6.07) is 7.27. The van der Waals surface area contributed by atoms with Gasteiger partial charge >= 0.3 is 0 Å². The van der Waals surface area contributed by atoms with Crippen LogP contribution in [0.15, 0.2) is 18.2 Å². The van der Waals surface area contributed by atoms with Crippen molar-refractivity contribution < 1.29 is 9.53 Å². The third-order valence-corrected chi connectivity index (χ3v) is 5.70. The molecule has 3 aliphatic rings. The first-order chi connectivity index (χ1) is 10.3. The molecule has 1 saturated carbocycles. The number of methoxy groups -OCH3 is 1. The number of carbonyl (C=O) groups is 1. The average molecular weight is 285 g/mol. The van der Waals surface area contributed by atoms with Crippen LogP contribution in [0.1, 0.15) is 55.6 Å². The van der Waals surface area contributed by atoms with E-state index < -0.39 is 0 Å². The quantitative estimate of drug-likeness (QED) is 0.834. The van der Waals surface area contributed by atoms with Crippen LogP contribution in [0.4, 0.5) is 0 Å². The van der Waals surface area contributed by atoms with E-state index in [9.17, 15) is 4.79 Å². The van der Waals surface area contributed by atoms with Gasteiger partial charge in [0.1, 0.15) is 5.75 Å². The van der Waals surface area contributed by atoms with Gasteiger partial charge in [0.05, 0.1) is 7.11 Å². The number of carbonyl (C=O) groups excluding carboxylic acids is 1. The number of likely N-dealkylation sites (tertiary alicyclic amines) is 1. The predicted octanol–water partition coefficient (Wildman–Crippen LogP) is 3.27. The third-order valence-electron chi connectivity index (χ3n) is 5.70. The van der Waals surface area contributed by atoms with E-state index in [1.165, 1.54) is 36.8 Å². The zero-order valence-corrected chi connectivity index (χ0v) is 12.7. The molecule has 2 atom stereocenters. The Morgan fingerprint density at radius 2 is 2.00 bits per heavy atom. The SMILES string of the molecule is COc1cccc2c1CC[C@@H]1[C@H]2CC(=O)N1C1CCCC1. The molecule has 4 rings (SSSR count). The lowest BCUT2D eigenvalue weighted by molar-refractivity contribution is -0.131. The van der Waals surface area contributed by atoms with E-state index in [1.807, 2.05) is 6.07 Å². The second kappa shape index (κ2) is 5.04. The number of ether oxygens (including phenoxy) is 1. The summed E-state index contributed by atoms with van der Waals surface area (Å²) >= 11 is 0. The lowest BCUT2D eigenvalue weighted by Gasteiger charge is -2.37. The molecule has 0 unspecified atom stereocenters. The Morgan fingerprint density at radius 3 is 2.76 bits per heavy atom. The molecule has 0 bridgehead atoms. The Balaban J connectivity index is 1.69. The average Bonchev–Trinajstić information content (AvgIpc) is 3.12. The molecule has 1 saturated heterocycles. The van der Waals surface area contributed by atoms with Gasteiger partial charge in [-0.1, -0.05) is 25.0 Å². The van der Waals surface area contributed by atoms with E-state index >= 15 is 0 Å². The molecule has 1 heterocycles. The van der Waals surface area contributed by atoms with Gasteiger partial charge in [-0.15, -0.1) is 0 Å². The Labute approximate surface area is 126 Å². The predicted molar refractivity (Wildman–Crippen MR) is 81.6 cm³/mol. The lowest BCUT2D eigenvalue weighted by Crippen LogP contribution is -2.43. The molecule has 21 heavy (non-hydrogen) atoms. The molecule has 3 nitrogen and oxygen atoms in total. The largest absolute Gasteiger partial charge is 0.496 e. The minimum atomic E-state index is 0.382. The molecular weight excluding hydrogens is 262 g/mol. The van der Waals surface area contributed by atoms with Crippen molar-refractivity contribution in [2.24, 2.45) is 0 Å². The molecule has 112 valence electrons. The molecule has 3 heteroatoms. The molecule has 0 radical (unpaired) electrons. The van der Waals surface area contributed by atoms with Gasteiger partial charge < -0.3 is 9.64 Å². The molecular formula is C18H23NO2. The summed E-state index contributed by atoms with van der Waals surface area (Å²) in [7, 11) is 1.74. The second-order valence-corrected chi connectivity index (χ2v) is 6.68. The Bertz CT molecular complexity index is 562. The van der Waals surface area contributed by atoms with E-state index in [4.69, 9.17) is 4.74 Å². The van der Waals surface area contributed by atoms with Gasteiger partial charge in [-0.05, 0) is 42.9 Å². The maximum absolute atomic E-state index is 12.6. The van der Waals surface area contributed by atoms with Gasteiger partial charge in [-0.3, -0.25) is 4.79 Å². The topological polar surface area (TPSA) is 29.5 Å². The highest BCUT2D eigenvalue weighted by molar-refractivity contribution is 5.81. The van der Waals surface area contributed by atoms with Crippen LogP contribution < -0.4 is 4.74 Å². The number of hydrogen-bond acceptors (Lipinski definition) is 2. The van der Waals surface area contributed by atoms with Gasteiger partial charge in [0.2, 0.25) is 5.91 Å². The molecule has 0 aromatic heterocycles. The van der Waals surface area contributed by atoms with Crippen LogP contribution in [0.3, 0.4) is 0 Å². The monoisotopic (exact) mass is 285 g/mol. The number of benzene rings is 1. The van der Waals surface area contributed by atoms with Crippen LogP contribution in [0.5, 0.6) is 5.75 Å². The minimum absolute atomic E-state index is 0.382. The van der Waals surface area contributed by atoms with Crippen molar-refractivity contribution in [1.82, 2.24) is 4.90 Å². The first-order valence-electron chi connectivity index (χ1n) is 8.26.